The van der Waals surface area contributed by atoms with Crippen molar-refractivity contribution in [1.29, 1.82) is 0 Å². The number of amides is 1. The standard InChI is InChI=1S/C12H14N2O2/c1-13-12(15)5-8-7-14-11-4-3-9(16-2)6-10(8)11/h3-4,6-7,14H,5H2,1-2H3,(H,13,15). The number of benzene rings is 1. The second-order valence-corrected chi connectivity index (χ2v) is 3.58. The van der Waals surface area contributed by atoms with Crippen LogP contribution in [0.1, 0.15) is 5.56 Å². The number of hydrogen-bond donors (Lipinski definition) is 2. The Labute approximate surface area is 93.6 Å². The Balaban J connectivity index is 2.41. The first-order valence-corrected chi connectivity index (χ1v) is 5.09. The molecule has 16 heavy (non-hydrogen) atoms. The van der Waals surface area contributed by atoms with E-state index >= 15 is 0 Å². The molecule has 0 radical (unpaired) electrons. The highest BCUT2D eigenvalue weighted by atomic mass is 16.5. The van der Waals surface area contributed by atoms with Crippen LogP contribution >= 0.6 is 0 Å². The fourth-order valence-corrected chi connectivity index (χ4v) is 1.69. The van der Waals surface area contributed by atoms with Gasteiger partial charge in [-0.3, -0.25) is 4.79 Å². The number of carbonyl (C=O) groups excluding carboxylic acids is 1. The van der Waals surface area contributed by atoms with E-state index in [1.165, 1.54) is 0 Å². The molecule has 1 aromatic carbocycles. The van der Waals surface area contributed by atoms with Gasteiger partial charge in [-0.1, -0.05) is 0 Å². The van der Waals surface area contributed by atoms with Gasteiger partial charge in [-0.25, -0.2) is 0 Å². The third-order valence-electron chi connectivity index (χ3n) is 2.60. The van der Waals surface area contributed by atoms with Gasteiger partial charge in [0.05, 0.1) is 13.5 Å². The van der Waals surface area contributed by atoms with Crippen molar-refractivity contribution >= 4 is 16.8 Å². The molecule has 2 aromatic rings. The maximum absolute atomic E-state index is 11.3. The summed E-state index contributed by atoms with van der Waals surface area (Å²) in [4.78, 5) is 14.5. The summed E-state index contributed by atoms with van der Waals surface area (Å²) in [7, 11) is 3.27. The van der Waals surface area contributed by atoms with Crippen molar-refractivity contribution in [3.05, 3.63) is 30.0 Å². The smallest absolute Gasteiger partial charge is 0.224 e. The predicted octanol–water partition coefficient (Wildman–Crippen LogP) is 1.46. The predicted molar refractivity (Wildman–Crippen MR) is 62.6 cm³/mol. The Kier molecular flexibility index (Phi) is 2.81. The molecule has 0 spiro atoms. The van der Waals surface area contributed by atoms with Crippen LogP contribution in [-0.4, -0.2) is 25.0 Å². The lowest BCUT2D eigenvalue weighted by atomic mass is 10.1. The average molecular weight is 218 g/mol. The van der Waals surface area contributed by atoms with Gasteiger partial charge in [0.15, 0.2) is 0 Å². The van der Waals surface area contributed by atoms with Crippen LogP contribution in [0.3, 0.4) is 0 Å². The number of aromatic amines is 1. The maximum atomic E-state index is 11.3. The zero-order chi connectivity index (χ0) is 11.5. The van der Waals surface area contributed by atoms with Gasteiger partial charge in [0.1, 0.15) is 5.75 Å². The van der Waals surface area contributed by atoms with E-state index in [4.69, 9.17) is 4.74 Å². The Morgan fingerprint density at radius 3 is 3.00 bits per heavy atom. The van der Waals surface area contributed by atoms with Crippen molar-refractivity contribution in [1.82, 2.24) is 10.3 Å². The van der Waals surface area contributed by atoms with Crippen molar-refractivity contribution in [3.8, 4) is 5.75 Å². The van der Waals surface area contributed by atoms with E-state index in [2.05, 4.69) is 10.3 Å². The molecule has 1 heterocycles. The second kappa shape index (κ2) is 4.26. The molecule has 0 aliphatic heterocycles. The number of H-pyrrole nitrogens is 1. The Hall–Kier alpha value is -1.97. The highest BCUT2D eigenvalue weighted by Crippen LogP contribution is 2.23. The van der Waals surface area contributed by atoms with E-state index in [0.29, 0.717) is 6.42 Å². The number of likely N-dealkylation sites (N-methyl/N-ethyl adjacent to an activating group) is 1. The normalized spacial score (nSPS) is 10.4. The van der Waals surface area contributed by atoms with Gasteiger partial charge in [0.2, 0.25) is 5.91 Å². The summed E-state index contributed by atoms with van der Waals surface area (Å²) in [6.07, 6.45) is 2.24. The lowest BCUT2D eigenvalue weighted by molar-refractivity contribution is -0.119. The molecule has 84 valence electrons. The molecule has 4 nitrogen and oxygen atoms in total. The summed E-state index contributed by atoms with van der Waals surface area (Å²) in [6, 6.07) is 5.77. The van der Waals surface area contributed by atoms with Gasteiger partial charge in [0.25, 0.3) is 0 Å². The molecular formula is C12H14N2O2. The van der Waals surface area contributed by atoms with E-state index in [-0.39, 0.29) is 5.91 Å². The van der Waals surface area contributed by atoms with Crippen LogP contribution in [-0.2, 0) is 11.2 Å². The summed E-state index contributed by atoms with van der Waals surface area (Å²) in [5.74, 6) is 0.800. The molecule has 1 aromatic heterocycles. The largest absolute Gasteiger partial charge is 0.497 e. The average Bonchev–Trinajstić information content (AvgIpc) is 2.71. The van der Waals surface area contributed by atoms with Crippen LogP contribution in [0, 0.1) is 0 Å². The van der Waals surface area contributed by atoms with Gasteiger partial charge in [-0.15, -0.1) is 0 Å². The van der Waals surface area contributed by atoms with Crippen molar-refractivity contribution in [2.24, 2.45) is 0 Å². The van der Waals surface area contributed by atoms with Crippen molar-refractivity contribution in [2.75, 3.05) is 14.2 Å². The molecule has 0 fully saturated rings. The number of nitrogens with one attached hydrogen (secondary N) is 2. The summed E-state index contributed by atoms with van der Waals surface area (Å²) >= 11 is 0. The Morgan fingerprint density at radius 2 is 2.31 bits per heavy atom. The van der Waals surface area contributed by atoms with Crippen molar-refractivity contribution in [2.45, 2.75) is 6.42 Å². The molecule has 0 saturated heterocycles. The minimum atomic E-state index is 0.00344. The Bertz CT molecular complexity index is 517. The lowest BCUT2D eigenvalue weighted by Crippen LogP contribution is -2.19. The summed E-state index contributed by atoms with van der Waals surface area (Å²) in [5, 5.41) is 3.64. The molecule has 0 unspecified atom stereocenters. The number of ether oxygens (including phenoxy) is 1. The van der Waals surface area contributed by atoms with Crippen LogP contribution in [0.2, 0.25) is 0 Å². The first-order chi connectivity index (χ1) is 7.74. The molecular weight excluding hydrogens is 204 g/mol. The van der Waals surface area contributed by atoms with Crippen molar-refractivity contribution in [3.63, 3.8) is 0 Å². The quantitative estimate of drug-likeness (QED) is 0.819. The van der Waals surface area contributed by atoms with E-state index < -0.39 is 0 Å². The van der Waals surface area contributed by atoms with Gasteiger partial charge < -0.3 is 15.0 Å². The second-order valence-electron chi connectivity index (χ2n) is 3.58. The number of fused-ring (bicyclic) bond motifs is 1. The minimum absolute atomic E-state index is 0.00344. The van der Waals surface area contributed by atoms with Gasteiger partial charge in [-0.2, -0.15) is 0 Å². The van der Waals surface area contributed by atoms with Crippen molar-refractivity contribution < 1.29 is 9.53 Å². The van der Waals surface area contributed by atoms with Crippen LogP contribution in [0.25, 0.3) is 10.9 Å². The van der Waals surface area contributed by atoms with Gasteiger partial charge >= 0.3 is 0 Å². The van der Waals surface area contributed by atoms with Crippen LogP contribution in [0.5, 0.6) is 5.75 Å². The monoisotopic (exact) mass is 218 g/mol. The first-order valence-electron chi connectivity index (χ1n) is 5.09. The number of carbonyl (C=O) groups is 1. The molecule has 0 aliphatic carbocycles. The lowest BCUT2D eigenvalue weighted by Gasteiger charge is -2.01. The molecule has 0 saturated carbocycles. The van der Waals surface area contributed by atoms with Crippen LogP contribution in [0.15, 0.2) is 24.4 Å². The SMILES string of the molecule is CNC(=O)Cc1c[nH]c2ccc(OC)cc12. The maximum Gasteiger partial charge on any atom is 0.224 e. The minimum Gasteiger partial charge on any atom is -0.497 e. The topological polar surface area (TPSA) is 54.1 Å². The van der Waals surface area contributed by atoms with Crippen LogP contribution in [0.4, 0.5) is 0 Å². The third-order valence-corrected chi connectivity index (χ3v) is 2.60. The zero-order valence-corrected chi connectivity index (χ0v) is 9.33. The molecule has 1 amide bonds. The molecule has 2 N–H and O–H groups in total. The highest BCUT2D eigenvalue weighted by molar-refractivity contribution is 5.89. The highest BCUT2D eigenvalue weighted by Gasteiger charge is 2.08. The number of hydrogen-bond acceptors (Lipinski definition) is 2. The fraction of sp³-hybridized carbons (Fsp3) is 0.250. The Morgan fingerprint density at radius 1 is 1.50 bits per heavy atom. The molecule has 0 aliphatic rings. The number of rotatable bonds is 3. The van der Waals surface area contributed by atoms with E-state index in [1.54, 1.807) is 14.2 Å². The molecule has 0 bridgehead atoms. The first kappa shape index (κ1) is 10.5. The van der Waals surface area contributed by atoms with Gasteiger partial charge in [-0.05, 0) is 23.8 Å². The molecule has 4 heteroatoms. The fourth-order valence-electron chi connectivity index (χ4n) is 1.69. The summed E-state index contributed by atoms with van der Waals surface area (Å²) < 4.78 is 5.16. The molecule has 0 atom stereocenters. The summed E-state index contributed by atoms with van der Waals surface area (Å²) in [6.45, 7) is 0. The van der Waals surface area contributed by atoms with E-state index in [9.17, 15) is 4.79 Å². The molecule has 2 rings (SSSR count). The zero-order valence-electron chi connectivity index (χ0n) is 9.33. The van der Waals surface area contributed by atoms with Gasteiger partial charge in [0, 0.05) is 24.1 Å². The number of methoxy groups -OCH3 is 1. The third kappa shape index (κ3) is 1.86. The number of aromatic nitrogens is 1. The van der Waals surface area contributed by atoms with E-state index in [1.807, 2.05) is 24.4 Å². The summed E-state index contributed by atoms with van der Waals surface area (Å²) in [5.41, 5.74) is 1.99. The van der Waals surface area contributed by atoms with E-state index in [0.717, 1.165) is 22.2 Å². The van der Waals surface area contributed by atoms with Crippen LogP contribution < -0.4 is 10.1 Å².